The summed E-state index contributed by atoms with van der Waals surface area (Å²) >= 11 is 0. The number of aromatic nitrogens is 4. The van der Waals surface area contributed by atoms with Crippen molar-refractivity contribution < 1.29 is 4.79 Å². The van der Waals surface area contributed by atoms with Gasteiger partial charge in [0.05, 0.1) is 17.6 Å². The minimum Gasteiger partial charge on any atom is -0.382 e. The van der Waals surface area contributed by atoms with Gasteiger partial charge < -0.3 is 21.7 Å². The van der Waals surface area contributed by atoms with Crippen LogP contribution < -0.4 is 21.7 Å². The Labute approximate surface area is 197 Å². The van der Waals surface area contributed by atoms with E-state index in [0.717, 1.165) is 46.4 Å². The number of H-pyrrole nitrogens is 1. The van der Waals surface area contributed by atoms with E-state index in [-0.39, 0.29) is 23.9 Å². The molecule has 1 amide bonds. The van der Waals surface area contributed by atoms with Crippen LogP contribution in [0.4, 0.5) is 17.6 Å². The summed E-state index contributed by atoms with van der Waals surface area (Å²) in [6.07, 6.45) is 2.23. The molecular formula is C25H28N8O. The number of aromatic amines is 1. The summed E-state index contributed by atoms with van der Waals surface area (Å²) in [6.45, 7) is 2.83. The topological polar surface area (TPSA) is 139 Å². The molecule has 0 bridgehead atoms. The van der Waals surface area contributed by atoms with Gasteiger partial charge >= 0.3 is 0 Å². The van der Waals surface area contributed by atoms with Crippen LogP contribution in [0.25, 0.3) is 22.2 Å². The third-order valence-electron chi connectivity index (χ3n) is 6.37. The van der Waals surface area contributed by atoms with E-state index in [1.165, 1.54) is 0 Å². The number of nitrogens with one attached hydrogen (secondary N) is 2. The Bertz CT molecular complexity index is 1320. The number of amides is 1. The number of hydrogen-bond donors (Lipinski definition) is 4. The molecule has 2 aromatic carbocycles. The van der Waals surface area contributed by atoms with Gasteiger partial charge in [0.15, 0.2) is 5.82 Å². The first-order valence-corrected chi connectivity index (χ1v) is 11.4. The molecule has 0 aliphatic carbocycles. The fourth-order valence-electron chi connectivity index (χ4n) is 4.55. The van der Waals surface area contributed by atoms with Gasteiger partial charge in [0, 0.05) is 35.6 Å². The first-order valence-electron chi connectivity index (χ1n) is 11.4. The van der Waals surface area contributed by atoms with Gasteiger partial charge in [-0.25, -0.2) is 4.98 Å². The Morgan fingerprint density at radius 1 is 1.12 bits per heavy atom. The first kappa shape index (κ1) is 21.7. The molecule has 1 aliphatic rings. The van der Waals surface area contributed by atoms with Gasteiger partial charge in [-0.1, -0.05) is 36.4 Å². The van der Waals surface area contributed by atoms with Crippen LogP contribution in [0.5, 0.6) is 0 Å². The summed E-state index contributed by atoms with van der Waals surface area (Å²) in [5.41, 5.74) is 15.5. The predicted molar refractivity (Wildman–Crippen MR) is 134 cm³/mol. The molecule has 9 heteroatoms. The molecule has 2 atom stereocenters. The SMILES string of the molecule is CC1CCC(NC(=O)Cc2ccccc2)CN1c1cc(-c2ccc3c(N)n[nH]c3c2)nc(N)n1. The molecule has 2 aromatic heterocycles. The molecule has 4 aromatic rings. The van der Waals surface area contributed by atoms with E-state index in [9.17, 15) is 4.79 Å². The minimum absolute atomic E-state index is 0.0285. The van der Waals surface area contributed by atoms with Gasteiger partial charge in [-0.2, -0.15) is 10.1 Å². The fraction of sp³-hybridized carbons (Fsp3) is 0.280. The molecule has 1 aliphatic heterocycles. The van der Waals surface area contributed by atoms with E-state index in [0.29, 0.717) is 18.8 Å². The van der Waals surface area contributed by atoms with Crippen LogP contribution in [0.3, 0.4) is 0 Å². The van der Waals surface area contributed by atoms with Gasteiger partial charge in [-0.05, 0) is 37.5 Å². The van der Waals surface area contributed by atoms with Crippen LogP contribution in [0.1, 0.15) is 25.3 Å². The second kappa shape index (κ2) is 9.01. The van der Waals surface area contributed by atoms with E-state index < -0.39 is 0 Å². The second-order valence-electron chi connectivity index (χ2n) is 8.84. The molecule has 1 fully saturated rings. The van der Waals surface area contributed by atoms with E-state index in [2.05, 4.69) is 37.3 Å². The van der Waals surface area contributed by atoms with Crippen molar-refractivity contribution in [3.05, 3.63) is 60.2 Å². The van der Waals surface area contributed by atoms with Crippen LogP contribution in [0.2, 0.25) is 0 Å². The third kappa shape index (κ3) is 4.50. The number of carbonyl (C=O) groups excluding carboxylic acids is 1. The van der Waals surface area contributed by atoms with Crippen LogP contribution in [0.15, 0.2) is 54.6 Å². The number of nitrogens with two attached hydrogens (primary N) is 2. The zero-order chi connectivity index (χ0) is 23.7. The standard InChI is InChI=1S/C25H28N8O/c1-15-7-9-18(28-23(34)11-16-5-3-2-4-6-16)14-33(15)22-13-20(29-25(27)30-22)17-8-10-19-21(12-17)31-32-24(19)26/h2-6,8,10,12-13,15,18H,7,9,11,14H2,1H3,(H,28,34)(H3,26,31,32)(H2,27,29,30). The van der Waals surface area contributed by atoms with Gasteiger partial charge in [-0.3, -0.25) is 9.89 Å². The molecule has 174 valence electrons. The van der Waals surface area contributed by atoms with Crippen LogP contribution in [-0.2, 0) is 11.2 Å². The summed E-state index contributed by atoms with van der Waals surface area (Å²) in [4.78, 5) is 23.8. The maximum atomic E-state index is 12.6. The van der Waals surface area contributed by atoms with Gasteiger partial charge in [-0.15, -0.1) is 0 Å². The normalized spacial score (nSPS) is 18.2. The number of fused-ring (bicyclic) bond motifs is 1. The number of nitrogen functional groups attached to an aromatic ring is 2. The number of hydrogen-bond acceptors (Lipinski definition) is 7. The van der Waals surface area contributed by atoms with Gasteiger partial charge in [0.25, 0.3) is 0 Å². The third-order valence-corrected chi connectivity index (χ3v) is 6.37. The first-order chi connectivity index (χ1) is 16.5. The molecule has 0 radical (unpaired) electrons. The lowest BCUT2D eigenvalue weighted by Crippen LogP contribution is -2.51. The minimum atomic E-state index is 0.0285. The number of benzene rings is 2. The Morgan fingerprint density at radius 2 is 1.94 bits per heavy atom. The average molecular weight is 457 g/mol. The lowest BCUT2D eigenvalue weighted by molar-refractivity contribution is -0.121. The molecule has 9 nitrogen and oxygen atoms in total. The predicted octanol–water partition coefficient (Wildman–Crippen LogP) is 2.90. The highest BCUT2D eigenvalue weighted by molar-refractivity contribution is 5.91. The van der Waals surface area contributed by atoms with Crippen molar-refractivity contribution in [2.45, 2.75) is 38.3 Å². The Kier molecular flexibility index (Phi) is 5.75. The summed E-state index contributed by atoms with van der Waals surface area (Å²) in [6, 6.07) is 17.9. The quantitative estimate of drug-likeness (QED) is 0.362. The van der Waals surface area contributed by atoms with E-state index in [4.69, 9.17) is 11.5 Å². The van der Waals surface area contributed by atoms with Crippen LogP contribution in [-0.4, -0.2) is 44.7 Å². The monoisotopic (exact) mass is 456 g/mol. The van der Waals surface area contributed by atoms with Crippen molar-refractivity contribution in [1.29, 1.82) is 0 Å². The second-order valence-corrected chi connectivity index (χ2v) is 8.84. The van der Waals surface area contributed by atoms with E-state index in [1.54, 1.807) is 0 Å². The van der Waals surface area contributed by atoms with E-state index in [1.807, 2.05) is 54.6 Å². The Morgan fingerprint density at radius 3 is 2.76 bits per heavy atom. The molecule has 5 rings (SSSR count). The van der Waals surface area contributed by atoms with E-state index >= 15 is 0 Å². The number of carbonyl (C=O) groups is 1. The molecule has 34 heavy (non-hydrogen) atoms. The number of anilines is 3. The largest absolute Gasteiger partial charge is 0.382 e. The van der Waals surface area contributed by atoms with Crippen LogP contribution in [0, 0.1) is 0 Å². The highest BCUT2D eigenvalue weighted by atomic mass is 16.1. The van der Waals surface area contributed by atoms with Crippen molar-refractivity contribution in [2.75, 3.05) is 22.9 Å². The molecule has 0 saturated carbocycles. The van der Waals surface area contributed by atoms with Gasteiger partial charge in [0.2, 0.25) is 11.9 Å². The molecule has 1 saturated heterocycles. The van der Waals surface area contributed by atoms with Crippen molar-refractivity contribution in [2.24, 2.45) is 0 Å². The van der Waals surface area contributed by atoms with Crippen LogP contribution >= 0.6 is 0 Å². The number of rotatable bonds is 5. The Hall–Kier alpha value is -4.14. The average Bonchev–Trinajstić information content (AvgIpc) is 3.20. The molecule has 0 spiro atoms. The number of piperidine rings is 1. The zero-order valence-corrected chi connectivity index (χ0v) is 19.0. The maximum Gasteiger partial charge on any atom is 0.224 e. The van der Waals surface area contributed by atoms with Crippen molar-refractivity contribution in [3.8, 4) is 11.3 Å². The lowest BCUT2D eigenvalue weighted by Gasteiger charge is -2.39. The molecule has 3 heterocycles. The summed E-state index contributed by atoms with van der Waals surface area (Å²) in [5, 5.41) is 11.1. The summed E-state index contributed by atoms with van der Waals surface area (Å²) in [5.74, 6) is 1.45. The highest BCUT2D eigenvalue weighted by Crippen LogP contribution is 2.30. The summed E-state index contributed by atoms with van der Waals surface area (Å²) in [7, 11) is 0. The molecule has 6 N–H and O–H groups in total. The summed E-state index contributed by atoms with van der Waals surface area (Å²) < 4.78 is 0. The lowest BCUT2D eigenvalue weighted by atomic mass is 9.98. The zero-order valence-electron chi connectivity index (χ0n) is 19.0. The van der Waals surface area contributed by atoms with Crippen molar-refractivity contribution >= 4 is 34.4 Å². The number of nitrogens with zero attached hydrogens (tertiary/aromatic N) is 4. The molecule has 2 unspecified atom stereocenters. The highest BCUT2D eigenvalue weighted by Gasteiger charge is 2.28. The van der Waals surface area contributed by atoms with Gasteiger partial charge in [0.1, 0.15) is 5.82 Å². The van der Waals surface area contributed by atoms with Crippen molar-refractivity contribution in [1.82, 2.24) is 25.5 Å². The van der Waals surface area contributed by atoms with Crippen molar-refractivity contribution in [3.63, 3.8) is 0 Å². The fourth-order valence-corrected chi connectivity index (χ4v) is 4.55. The maximum absolute atomic E-state index is 12.6. The molecular weight excluding hydrogens is 428 g/mol. The Balaban J connectivity index is 1.35. The smallest absolute Gasteiger partial charge is 0.224 e.